The Kier molecular flexibility index (Phi) is 9.55. The standard InChI is InChI=1S/C87H65NO3/c1-83(2)61-38-39-71-74(54-25-15-19-29-68(54)89-71)73(61)59-45-65-58(44-66(59)83)50-35-32-47(40-62(50)84(65,3)4)88(48-33-36-52-63(41-48)85(5,6)67-43-57(46-22-12-11-13-23-46)81-76(72(52)67)55-26-16-20-30-69(55)90-81)49-34-37-53-64(42-49)87(9,10)80-78(53)82-77(56-27-17-21-31-70(56)91-82)75-51-24-14-18-28-60(51)86(7,8)79(75)80/h11-45H,1-10H3. The summed E-state index contributed by atoms with van der Waals surface area (Å²) in [5.74, 6) is 0. The zero-order chi connectivity index (χ0) is 61.3. The molecular weight excluding hydrogens is 1110 g/mol. The predicted octanol–water partition coefficient (Wildman–Crippen LogP) is 24.1. The minimum Gasteiger partial charge on any atom is -0.456 e. The Morgan fingerprint density at radius 2 is 0.692 bits per heavy atom. The molecule has 4 heteroatoms. The van der Waals surface area contributed by atoms with Crippen LogP contribution >= 0.6 is 0 Å². The molecule has 0 radical (unpaired) electrons. The lowest BCUT2D eigenvalue weighted by atomic mass is 9.72. The molecule has 91 heavy (non-hydrogen) atoms. The minimum atomic E-state index is -0.400. The van der Waals surface area contributed by atoms with Crippen molar-refractivity contribution in [2.75, 3.05) is 4.90 Å². The Labute approximate surface area is 529 Å². The van der Waals surface area contributed by atoms with Gasteiger partial charge in [0.15, 0.2) is 0 Å². The van der Waals surface area contributed by atoms with Gasteiger partial charge in [-0.15, -0.1) is 0 Å². The molecule has 0 saturated heterocycles. The molecule has 0 unspecified atom stereocenters. The summed E-state index contributed by atoms with van der Waals surface area (Å²) in [7, 11) is 0. The third-order valence-corrected chi connectivity index (χ3v) is 23.0. The van der Waals surface area contributed by atoms with Gasteiger partial charge in [0.1, 0.15) is 33.5 Å². The molecule has 0 spiro atoms. The first kappa shape index (κ1) is 51.7. The van der Waals surface area contributed by atoms with E-state index in [1.54, 1.807) is 0 Å². The molecule has 0 N–H and O–H groups in total. The third-order valence-electron chi connectivity index (χ3n) is 23.0. The van der Waals surface area contributed by atoms with Crippen molar-refractivity contribution in [3.8, 4) is 66.8 Å². The summed E-state index contributed by atoms with van der Waals surface area (Å²) in [6.45, 7) is 24.3. The van der Waals surface area contributed by atoms with Crippen LogP contribution in [0.3, 0.4) is 0 Å². The Morgan fingerprint density at radius 1 is 0.253 bits per heavy atom. The fourth-order valence-corrected chi connectivity index (χ4v) is 18.6. The molecule has 3 aromatic heterocycles. The van der Waals surface area contributed by atoms with E-state index in [0.717, 1.165) is 67.1 Å². The monoisotopic (exact) mass is 1170 g/mol. The molecule has 12 aromatic carbocycles. The second-order valence-corrected chi connectivity index (χ2v) is 29.4. The molecule has 15 aromatic rings. The maximum absolute atomic E-state index is 7.19. The molecule has 20 rings (SSSR count). The van der Waals surface area contributed by atoms with Crippen molar-refractivity contribution in [3.63, 3.8) is 0 Å². The SMILES string of the molecule is CC1(C)c2cc(N(c3ccc4c(c3)C(C)(C)c3cc(-c5ccccc5)c5oc6ccccc6c5c3-4)c3ccc4c(c3)C(C)(C)c3c5c(c6c(oc7ccccc76)c3-4)-c3ccccc3C5(C)C)ccc2-c2cc3c(cc21)-c1c(ccc2oc4ccccc4c12)C3(C)C. The predicted molar refractivity (Wildman–Crippen MR) is 376 cm³/mol. The van der Waals surface area contributed by atoms with E-state index in [1.807, 2.05) is 0 Å². The van der Waals surface area contributed by atoms with E-state index in [4.69, 9.17) is 13.3 Å². The van der Waals surface area contributed by atoms with E-state index in [2.05, 4.69) is 286 Å². The van der Waals surface area contributed by atoms with Gasteiger partial charge in [-0.1, -0.05) is 203 Å². The highest BCUT2D eigenvalue weighted by atomic mass is 16.3. The molecule has 0 amide bonds. The molecule has 0 aliphatic heterocycles. The first-order chi connectivity index (χ1) is 43.9. The Bertz CT molecular complexity index is 5870. The van der Waals surface area contributed by atoms with Crippen molar-refractivity contribution in [1.29, 1.82) is 0 Å². The lowest BCUT2D eigenvalue weighted by Gasteiger charge is -2.32. The van der Waals surface area contributed by atoms with Crippen LogP contribution in [0.5, 0.6) is 0 Å². The quantitative estimate of drug-likeness (QED) is 0.176. The van der Waals surface area contributed by atoms with Gasteiger partial charge in [0, 0.05) is 87.6 Å². The molecule has 5 aliphatic carbocycles. The van der Waals surface area contributed by atoms with Crippen LogP contribution in [0.15, 0.2) is 226 Å². The van der Waals surface area contributed by atoms with Gasteiger partial charge in [0.2, 0.25) is 0 Å². The highest BCUT2D eigenvalue weighted by Gasteiger charge is 2.50. The number of hydrogen-bond acceptors (Lipinski definition) is 4. The molecule has 436 valence electrons. The number of anilines is 3. The zero-order valence-electron chi connectivity index (χ0n) is 52.9. The van der Waals surface area contributed by atoms with E-state index in [-0.39, 0.29) is 21.7 Å². The Hall–Kier alpha value is -10.2. The number of benzene rings is 12. The first-order valence-corrected chi connectivity index (χ1v) is 32.5. The van der Waals surface area contributed by atoms with Gasteiger partial charge in [-0.05, 0) is 190 Å². The van der Waals surface area contributed by atoms with Gasteiger partial charge >= 0.3 is 0 Å². The minimum absolute atomic E-state index is 0.215. The van der Waals surface area contributed by atoms with Gasteiger partial charge in [-0.2, -0.15) is 0 Å². The van der Waals surface area contributed by atoms with E-state index in [9.17, 15) is 0 Å². The smallest absolute Gasteiger partial charge is 0.144 e. The maximum Gasteiger partial charge on any atom is 0.144 e. The summed E-state index contributed by atoms with van der Waals surface area (Å²) in [4.78, 5) is 2.57. The molecular formula is C87H65NO3. The number of furan rings is 3. The van der Waals surface area contributed by atoms with Crippen molar-refractivity contribution in [3.05, 3.63) is 268 Å². The topological polar surface area (TPSA) is 42.7 Å². The summed E-state index contributed by atoms with van der Waals surface area (Å²) < 4.78 is 20.7. The van der Waals surface area contributed by atoms with Crippen LogP contribution in [0.4, 0.5) is 17.1 Å². The van der Waals surface area contributed by atoms with Crippen molar-refractivity contribution in [2.24, 2.45) is 0 Å². The van der Waals surface area contributed by atoms with Gasteiger partial charge in [0.25, 0.3) is 0 Å². The number of fused-ring (bicyclic) bond motifs is 29. The molecule has 0 bridgehead atoms. The molecule has 0 fully saturated rings. The van der Waals surface area contributed by atoms with Gasteiger partial charge in [-0.3, -0.25) is 0 Å². The highest BCUT2D eigenvalue weighted by Crippen LogP contribution is 2.65. The highest BCUT2D eigenvalue weighted by molar-refractivity contribution is 6.22. The second-order valence-electron chi connectivity index (χ2n) is 29.4. The summed E-state index contributed by atoms with van der Waals surface area (Å²) in [6.07, 6.45) is 0. The maximum atomic E-state index is 7.19. The summed E-state index contributed by atoms with van der Waals surface area (Å²) in [5.41, 5.74) is 36.0. The van der Waals surface area contributed by atoms with E-state index in [0.29, 0.717) is 0 Å². The summed E-state index contributed by atoms with van der Waals surface area (Å²) >= 11 is 0. The normalized spacial score (nSPS) is 16.5. The zero-order valence-corrected chi connectivity index (χ0v) is 52.9. The Balaban J connectivity index is 0.805. The van der Waals surface area contributed by atoms with Crippen LogP contribution < -0.4 is 4.90 Å². The molecule has 3 heterocycles. The van der Waals surface area contributed by atoms with Crippen LogP contribution in [-0.2, 0) is 27.1 Å². The van der Waals surface area contributed by atoms with E-state index in [1.165, 1.54) is 138 Å². The van der Waals surface area contributed by atoms with Crippen LogP contribution in [0.1, 0.15) is 125 Å². The van der Waals surface area contributed by atoms with Crippen molar-refractivity contribution >= 4 is 82.9 Å². The average Bonchev–Trinajstić information content (AvgIpc) is 1.51. The van der Waals surface area contributed by atoms with Crippen molar-refractivity contribution < 1.29 is 13.3 Å². The number of nitrogens with zero attached hydrogens (tertiary/aromatic N) is 1. The van der Waals surface area contributed by atoms with Crippen LogP contribution in [0.25, 0.3) is 133 Å². The Morgan fingerprint density at radius 3 is 1.37 bits per heavy atom. The second kappa shape index (κ2) is 16.8. The fourth-order valence-electron chi connectivity index (χ4n) is 18.6. The van der Waals surface area contributed by atoms with E-state index >= 15 is 0 Å². The van der Waals surface area contributed by atoms with Crippen molar-refractivity contribution in [2.45, 2.75) is 96.3 Å². The molecule has 0 saturated carbocycles. The van der Waals surface area contributed by atoms with E-state index < -0.39 is 5.41 Å². The molecule has 0 atom stereocenters. The van der Waals surface area contributed by atoms with Crippen LogP contribution in [0.2, 0.25) is 0 Å². The van der Waals surface area contributed by atoms with Crippen molar-refractivity contribution in [1.82, 2.24) is 0 Å². The fraction of sp³-hybridized carbons (Fsp3) is 0.172. The lowest BCUT2D eigenvalue weighted by Crippen LogP contribution is -2.24. The van der Waals surface area contributed by atoms with Gasteiger partial charge in [-0.25, -0.2) is 0 Å². The summed E-state index contributed by atoms with van der Waals surface area (Å²) in [6, 6.07) is 79.7. The van der Waals surface area contributed by atoms with Gasteiger partial charge < -0.3 is 18.2 Å². The summed E-state index contributed by atoms with van der Waals surface area (Å²) in [5, 5.41) is 7.10. The molecule has 4 nitrogen and oxygen atoms in total. The third kappa shape index (κ3) is 6.27. The van der Waals surface area contributed by atoms with Gasteiger partial charge in [0.05, 0.1) is 0 Å². The number of hydrogen-bond donors (Lipinski definition) is 0. The lowest BCUT2D eigenvalue weighted by molar-refractivity contribution is 0.600. The van der Waals surface area contributed by atoms with Crippen LogP contribution in [0, 0.1) is 0 Å². The average molecular weight is 1170 g/mol. The van der Waals surface area contributed by atoms with Crippen LogP contribution in [-0.4, -0.2) is 0 Å². The number of rotatable bonds is 4. The first-order valence-electron chi connectivity index (χ1n) is 32.5. The largest absolute Gasteiger partial charge is 0.456 e. The number of para-hydroxylation sites is 3. The molecule has 5 aliphatic rings.